The Morgan fingerprint density at radius 2 is 2.04 bits per heavy atom. The molecule has 1 aliphatic rings. The van der Waals surface area contributed by atoms with Crippen LogP contribution in [0.25, 0.3) is 11.5 Å². The number of furan rings is 1. The monoisotopic (exact) mass is 390 g/mol. The van der Waals surface area contributed by atoms with Gasteiger partial charge in [-0.3, -0.25) is 0 Å². The van der Waals surface area contributed by atoms with Gasteiger partial charge in [-0.05, 0) is 44.2 Å². The summed E-state index contributed by atoms with van der Waals surface area (Å²) in [7, 11) is -3.89. The quantitative estimate of drug-likeness (QED) is 0.750. The van der Waals surface area contributed by atoms with Crippen LogP contribution in [0.2, 0.25) is 0 Å². The zero-order valence-corrected chi connectivity index (χ0v) is 14.5. The maximum Gasteiger partial charge on any atom is 0.452 e. The van der Waals surface area contributed by atoms with Gasteiger partial charge < -0.3 is 8.94 Å². The molecule has 10 heteroatoms. The lowest BCUT2D eigenvalue weighted by Gasteiger charge is -2.12. The highest BCUT2D eigenvalue weighted by atomic mass is 32.2. The number of allylic oxidation sites excluding steroid dienone is 1. The molecule has 3 rings (SSSR count). The number of hydrogen-bond acceptors (Lipinski definition) is 5. The summed E-state index contributed by atoms with van der Waals surface area (Å²) in [5.41, 5.74) is 0.993. The molecule has 0 unspecified atom stereocenters. The van der Waals surface area contributed by atoms with Gasteiger partial charge in [-0.15, -0.1) is 0 Å². The summed E-state index contributed by atoms with van der Waals surface area (Å²) in [6.07, 6.45) is 2.32. The lowest BCUT2D eigenvalue weighted by molar-refractivity contribution is -0.155. The van der Waals surface area contributed by atoms with Gasteiger partial charge in [0, 0.05) is 12.6 Å². The summed E-state index contributed by atoms with van der Waals surface area (Å²) in [6, 6.07) is 3.05. The Kier molecular flexibility index (Phi) is 5.24. The van der Waals surface area contributed by atoms with Crippen molar-refractivity contribution in [2.75, 3.05) is 6.54 Å². The van der Waals surface area contributed by atoms with Gasteiger partial charge in [0.15, 0.2) is 5.76 Å². The zero-order valence-electron chi connectivity index (χ0n) is 13.7. The van der Waals surface area contributed by atoms with E-state index in [-0.39, 0.29) is 23.1 Å². The van der Waals surface area contributed by atoms with E-state index in [0.29, 0.717) is 12.5 Å². The zero-order chi connectivity index (χ0) is 18.8. The summed E-state index contributed by atoms with van der Waals surface area (Å²) >= 11 is 0. The van der Waals surface area contributed by atoms with E-state index in [9.17, 15) is 21.6 Å². The molecule has 0 saturated carbocycles. The highest BCUT2D eigenvalue weighted by molar-refractivity contribution is 7.89. The Labute approximate surface area is 148 Å². The van der Waals surface area contributed by atoms with Crippen LogP contribution in [-0.2, 0) is 16.2 Å². The molecule has 2 aromatic heterocycles. The van der Waals surface area contributed by atoms with E-state index in [2.05, 4.69) is 20.5 Å². The third-order valence-corrected chi connectivity index (χ3v) is 5.34. The molecule has 142 valence electrons. The van der Waals surface area contributed by atoms with Crippen molar-refractivity contribution in [3.63, 3.8) is 0 Å². The molecule has 0 fully saturated rings. The molecule has 0 aromatic carbocycles. The van der Waals surface area contributed by atoms with Gasteiger partial charge in [0.1, 0.15) is 5.69 Å². The van der Waals surface area contributed by atoms with Crippen molar-refractivity contribution in [1.82, 2.24) is 9.88 Å². The lowest BCUT2D eigenvalue weighted by atomic mass is 9.97. The number of rotatable bonds is 6. The molecule has 0 radical (unpaired) electrons. The average molecular weight is 390 g/mol. The first kappa shape index (κ1) is 18.7. The van der Waals surface area contributed by atoms with Gasteiger partial charge in [0.25, 0.3) is 10.0 Å². The van der Waals surface area contributed by atoms with Crippen molar-refractivity contribution in [1.29, 1.82) is 0 Å². The first-order valence-corrected chi connectivity index (χ1v) is 9.56. The Balaban J connectivity index is 1.66. The minimum absolute atomic E-state index is 0.125. The predicted molar refractivity (Wildman–Crippen MR) is 85.6 cm³/mol. The van der Waals surface area contributed by atoms with Crippen LogP contribution >= 0.6 is 0 Å². The second-order valence-electron chi connectivity index (χ2n) is 5.95. The fraction of sp³-hybridized carbons (Fsp3) is 0.438. The number of nitrogens with zero attached hydrogens (tertiary/aromatic N) is 1. The molecule has 6 nitrogen and oxygen atoms in total. The number of aromatic nitrogens is 1. The lowest BCUT2D eigenvalue weighted by Crippen LogP contribution is -2.24. The van der Waals surface area contributed by atoms with E-state index in [1.807, 2.05) is 0 Å². The minimum Gasteiger partial charge on any atom is -0.441 e. The minimum atomic E-state index is -4.68. The summed E-state index contributed by atoms with van der Waals surface area (Å²) in [6.45, 7) is 0.229. The van der Waals surface area contributed by atoms with Crippen molar-refractivity contribution >= 4 is 10.0 Å². The Morgan fingerprint density at radius 1 is 1.23 bits per heavy atom. The average Bonchev–Trinajstić information content (AvgIpc) is 3.25. The van der Waals surface area contributed by atoms with Crippen LogP contribution in [0.4, 0.5) is 13.2 Å². The first-order chi connectivity index (χ1) is 12.3. The fourth-order valence-electron chi connectivity index (χ4n) is 2.68. The fourth-order valence-corrected chi connectivity index (χ4v) is 3.64. The molecule has 0 saturated heterocycles. The molecule has 0 atom stereocenters. The summed E-state index contributed by atoms with van der Waals surface area (Å²) in [5, 5.41) is 2.87. The van der Waals surface area contributed by atoms with E-state index >= 15 is 0 Å². The topological polar surface area (TPSA) is 85.3 Å². The molecule has 0 bridgehead atoms. The SMILES string of the molecule is O=S(=O)(NCCC1=CCCCC1)c1ccc(-c2cc(C(F)(F)F)on2)o1. The largest absolute Gasteiger partial charge is 0.452 e. The van der Waals surface area contributed by atoms with Gasteiger partial charge in [-0.25, -0.2) is 13.1 Å². The molecule has 0 amide bonds. The van der Waals surface area contributed by atoms with Gasteiger partial charge in [0.05, 0.1) is 0 Å². The molecular weight excluding hydrogens is 373 g/mol. The van der Waals surface area contributed by atoms with Crippen molar-refractivity contribution in [3.8, 4) is 11.5 Å². The summed E-state index contributed by atoms with van der Waals surface area (Å²) < 4.78 is 73.8. The predicted octanol–water partition coefficient (Wildman–Crippen LogP) is 4.12. The van der Waals surface area contributed by atoms with Crippen molar-refractivity contribution in [2.45, 2.75) is 43.4 Å². The van der Waals surface area contributed by atoms with Crippen LogP contribution in [0.1, 0.15) is 37.9 Å². The van der Waals surface area contributed by atoms with Crippen molar-refractivity contribution in [3.05, 3.63) is 35.6 Å². The number of alkyl halides is 3. The Hall–Kier alpha value is -2.07. The van der Waals surface area contributed by atoms with E-state index in [0.717, 1.165) is 25.7 Å². The van der Waals surface area contributed by atoms with Crippen LogP contribution in [0.15, 0.2) is 43.9 Å². The van der Waals surface area contributed by atoms with E-state index in [4.69, 9.17) is 4.42 Å². The number of hydrogen-bond donors (Lipinski definition) is 1. The van der Waals surface area contributed by atoms with E-state index in [1.54, 1.807) is 0 Å². The summed E-state index contributed by atoms with van der Waals surface area (Å²) in [5.74, 6) is -1.41. The summed E-state index contributed by atoms with van der Waals surface area (Å²) in [4.78, 5) is 0. The highest BCUT2D eigenvalue weighted by Gasteiger charge is 2.36. The van der Waals surface area contributed by atoms with E-state index < -0.39 is 22.0 Å². The molecule has 2 heterocycles. The van der Waals surface area contributed by atoms with Crippen molar-refractivity contribution < 1.29 is 30.5 Å². The van der Waals surface area contributed by atoms with Crippen LogP contribution < -0.4 is 4.72 Å². The van der Waals surface area contributed by atoms with Gasteiger partial charge in [0.2, 0.25) is 10.9 Å². The molecular formula is C16H17F3N2O4S. The standard InChI is InChI=1S/C16H17F3N2O4S/c17-16(18,19)14-10-12(21-25-14)13-6-7-15(24-13)26(22,23)20-9-8-11-4-2-1-3-5-11/h4,6-7,10,20H,1-3,5,8-9H2. The third kappa shape index (κ3) is 4.36. The number of nitrogens with one attached hydrogen (secondary N) is 1. The molecule has 1 N–H and O–H groups in total. The van der Waals surface area contributed by atoms with Gasteiger partial charge >= 0.3 is 6.18 Å². The van der Waals surface area contributed by atoms with Gasteiger partial charge in [-0.2, -0.15) is 13.2 Å². The van der Waals surface area contributed by atoms with Crippen LogP contribution in [0.3, 0.4) is 0 Å². The molecule has 1 aliphatic carbocycles. The maximum absolute atomic E-state index is 12.5. The number of sulfonamides is 1. The Bertz CT molecular complexity index is 897. The molecule has 2 aromatic rings. The van der Waals surface area contributed by atoms with Crippen LogP contribution in [-0.4, -0.2) is 20.1 Å². The van der Waals surface area contributed by atoms with Crippen molar-refractivity contribution in [2.24, 2.45) is 0 Å². The first-order valence-electron chi connectivity index (χ1n) is 8.07. The molecule has 0 aliphatic heterocycles. The third-order valence-electron chi connectivity index (χ3n) is 4.01. The number of halogens is 3. The maximum atomic E-state index is 12.5. The molecule has 0 spiro atoms. The highest BCUT2D eigenvalue weighted by Crippen LogP contribution is 2.33. The van der Waals surface area contributed by atoms with Crippen LogP contribution in [0.5, 0.6) is 0 Å². The smallest absolute Gasteiger partial charge is 0.441 e. The Morgan fingerprint density at radius 3 is 2.69 bits per heavy atom. The second-order valence-corrected chi connectivity index (χ2v) is 7.65. The second kappa shape index (κ2) is 7.28. The van der Waals surface area contributed by atoms with Crippen LogP contribution in [0, 0.1) is 0 Å². The van der Waals surface area contributed by atoms with E-state index in [1.165, 1.54) is 17.7 Å². The van der Waals surface area contributed by atoms with Gasteiger partial charge in [-0.1, -0.05) is 16.8 Å². The molecule has 26 heavy (non-hydrogen) atoms. The normalized spacial score (nSPS) is 15.9.